The predicted molar refractivity (Wildman–Crippen MR) is 262 cm³/mol. The van der Waals surface area contributed by atoms with Crippen molar-refractivity contribution in [3.05, 3.63) is 233 Å². The van der Waals surface area contributed by atoms with Gasteiger partial charge in [0.1, 0.15) is 5.82 Å². The largest absolute Gasteiger partial charge is 0.333 e. The number of nitrogens with zero attached hydrogens (tertiary/aromatic N) is 4. The van der Waals surface area contributed by atoms with Crippen molar-refractivity contribution in [3.8, 4) is 33.9 Å². The SMILES string of the molecule is CC1(C)CCC(C)(C)c2cc3c(cc21)C1C=CC=CC1N3c1cccc(-c2nc(-c3ccccc3)nc(C3C=CC(C4(c5ccccc5)c5ccccc5-c5ccccc54)=CC3)n2)c1. The smallest absolute Gasteiger partial charge is 0.163 e. The molecule has 7 aromatic rings. The van der Waals surface area contributed by atoms with Crippen LogP contribution in [0.1, 0.15) is 98.0 Å². The summed E-state index contributed by atoms with van der Waals surface area (Å²) < 4.78 is 0. The first-order valence-corrected chi connectivity index (χ1v) is 23.1. The van der Waals surface area contributed by atoms with Gasteiger partial charge in [-0.2, -0.15) is 0 Å². The molecule has 3 unspecified atom stereocenters. The molecule has 0 bridgehead atoms. The van der Waals surface area contributed by atoms with Crippen molar-refractivity contribution >= 4 is 11.4 Å². The van der Waals surface area contributed by atoms with Crippen molar-refractivity contribution in [2.45, 2.75) is 81.1 Å². The lowest BCUT2D eigenvalue weighted by molar-refractivity contribution is 0.332. The third kappa shape index (κ3) is 5.91. The lowest BCUT2D eigenvalue weighted by Crippen LogP contribution is -2.34. The van der Waals surface area contributed by atoms with E-state index in [0.717, 1.165) is 29.1 Å². The Morgan fingerprint density at radius 2 is 1.16 bits per heavy atom. The van der Waals surface area contributed by atoms with E-state index in [1.807, 2.05) is 6.07 Å². The maximum atomic E-state index is 5.36. The molecule has 6 aromatic carbocycles. The van der Waals surface area contributed by atoms with Crippen molar-refractivity contribution in [2.75, 3.05) is 4.90 Å². The average molecular weight is 829 g/mol. The highest BCUT2D eigenvalue weighted by molar-refractivity contribution is 5.87. The van der Waals surface area contributed by atoms with Gasteiger partial charge in [0.05, 0.1) is 11.5 Å². The van der Waals surface area contributed by atoms with Crippen LogP contribution in [0, 0.1) is 0 Å². The number of aromatic nitrogens is 3. The molecule has 0 N–H and O–H groups in total. The van der Waals surface area contributed by atoms with Crippen LogP contribution in [0.5, 0.6) is 0 Å². The monoisotopic (exact) mass is 828 g/mol. The number of anilines is 2. The Balaban J connectivity index is 0.951. The Labute approximate surface area is 377 Å². The topological polar surface area (TPSA) is 41.9 Å². The first-order valence-electron chi connectivity index (χ1n) is 23.1. The van der Waals surface area contributed by atoms with Crippen molar-refractivity contribution < 1.29 is 0 Å². The summed E-state index contributed by atoms with van der Waals surface area (Å²) in [7, 11) is 0. The predicted octanol–water partition coefficient (Wildman–Crippen LogP) is 14.3. The second-order valence-electron chi connectivity index (χ2n) is 19.7. The fraction of sp³-hybridized carbons (Fsp3) is 0.217. The molecular formula is C60H52N4. The molecule has 2 heterocycles. The van der Waals surface area contributed by atoms with Gasteiger partial charge in [-0.25, -0.2) is 15.0 Å². The van der Waals surface area contributed by atoms with E-state index in [2.05, 4.69) is 215 Å². The molecule has 12 rings (SSSR count). The van der Waals surface area contributed by atoms with Crippen molar-refractivity contribution in [2.24, 2.45) is 0 Å². The molecule has 0 amide bonds. The van der Waals surface area contributed by atoms with Crippen molar-refractivity contribution in [1.29, 1.82) is 0 Å². The standard InChI is InChI=1S/C60H52N4/c1-58(2)34-35-59(3,4)52-38-54-48(37-51(52)58)47-26-13-16-29-53(47)64(54)44-23-17-20-41(36-44)57-62-55(39-18-7-5-8-19-39)61-56(63-57)40-30-32-43(33-31-40)60(42-21-9-6-10-22-42)49-27-14-11-24-45(49)46-25-12-15-28-50(46)60/h5-30,32-33,36-38,40,47,53H,31,34-35H2,1-4H3. The third-order valence-corrected chi connectivity index (χ3v) is 15.1. The molecule has 1 aliphatic heterocycles. The van der Waals surface area contributed by atoms with Gasteiger partial charge >= 0.3 is 0 Å². The molecule has 0 radical (unpaired) electrons. The Hall–Kier alpha value is -6.91. The summed E-state index contributed by atoms with van der Waals surface area (Å²) in [5, 5.41) is 0. The molecule has 64 heavy (non-hydrogen) atoms. The highest BCUT2D eigenvalue weighted by atomic mass is 15.2. The van der Waals surface area contributed by atoms with E-state index in [-0.39, 0.29) is 28.7 Å². The molecule has 0 saturated heterocycles. The Bertz CT molecular complexity index is 3070. The van der Waals surface area contributed by atoms with Crippen LogP contribution in [-0.4, -0.2) is 21.0 Å². The minimum atomic E-state index is -0.433. The molecule has 0 spiro atoms. The average Bonchev–Trinajstić information content (AvgIpc) is 3.84. The van der Waals surface area contributed by atoms with Gasteiger partial charge in [0.15, 0.2) is 11.6 Å². The molecule has 312 valence electrons. The summed E-state index contributed by atoms with van der Waals surface area (Å²) >= 11 is 0. The van der Waals surface area contributed by atoms with E-state index < -0.39 is 5.41 Å². The van der Waals surface area contributed by atoms with Crippen LogP contribution in [-0.2, 0) is 16.2 Å². The van der Waals surface area contributed by atoms with Crippen LogP contribution < -0.4 is 4.90 Å². The fourth-order valence-electron chi connectivity index (χ4n) is 11.7. The molecule has 0 saturated carbocycles. The van der Waals surface area contributed by atoms with Crippen molar-refractivity contribution in [3.63, 3.8) is 0 Å². The second kappa shape index (κ2) is 14.6. The van der Waals surface area contributed by atoms with Crippen LogP contribution in [0.4, 0.5) is 11.4 Å². The van der Waals surface area contributed by atoms with E-state index >= 15 is 0 Å². The molecule has 4 heteroatoms. The van der Waals surface area contributed by atoms with Gasteiger partial charge in [0.2, 0.25) is 0 Å². The van der Waals surface area contributed by atoms with Crippen LogP contribution in [0.3, 0.4) is 0 Å². The summed E-state index contributed by atoms with van der Waals surface area (Å²) in [6, 6.07) is 53.4. The van der Waals surface area contributed by atoms with Gasteiger partial charge in [-0.1, -0.05) is 198 Å². The van der Waals surface area contributed by atoms with Gasteiger partial charge in [-0.15, -0.1) is 0 Å². The molecule has 4 nitrogen and oxygen atoms in total. The lowest BCUT2D eigenvalue weighted by Gasteiger charge is -2.42. The minimum Gasteiger partial charge on any atom is -0.333 e. The van der Waals surface area contributed by atoms with Gasteiger partial charge in [0.25, 0.3) is 0 Å². The minimum absolute atomic E-state index is 0.0278. The first-order chi connectivity index (χ1) is 31.2. The Morgan fingerprint density at radius 1 is 0.547 bits per heavy atom. The zero-order chi connectivity index (χ0) is 43.2. The molecule has 5 aliphatic rings. The van der Waals surface area contributed by atoms with Crippen molar-refractivity contribution in [1.82, 2.24) is 15.0 Å². The zero-order valence-electron chi connectivity index (χ0n) is 37.0. The summed E-state index contributed by atoms with van der Waals surface area (Å²) in [5.41, 5.74) is 16.5. The number of allylic oxidation sites excluding steroid dienone is 6. The second-order valence-corrected chi connectivity index (χ2v) is 19.7. The summed E-state index contributed by atoms with van der Waals surface area (Å²) in [5.74, 6) is 2.42. The molecule has 0 fully saturated rings. The van der Waals surface area contributed by atoms with Gasteiger partial charge in [-0.3, -0.25) is 0 Å². The lowest BCUT2D eigenvalue weighted by atomic mass is 9.62. The number of hydrogen-bond acceptors (Lipinski definition) is 4. The van der Waals surface area contributed by atoms with Gasteiger partial charge in [0, 0.05) is 34.3 Å². The number of fused-ring (bicyclic) bond motifs is 7. The molecule has 3 atom stereocenters. The van der Waals surface area contributed by atoms with Crippen LogP contribution in [0.2, 0.25) is 0 Å². The van der Waals surface area contributed by atoms with Crippen LogP contribution >= 0.6 is 0 Å². The fourth-order valence-corrected chi connectivity index (χ4v) is 11.7. The number of benzene rings is 6. The highest BCUT2D eigenvalue weighted by Crippen LogP contribution is 2.58. The van der Waals surface area contributed by atoms with Crippen LogP contribution in [0.15, 0.2) is 194 Å². The summed E-state index contributed by atoms with van der Waals surface area (Å²) in [6.07, 6.45) is 19.5. The zero-order valence-corrected chi connectivity index (χ0v) is 37.0. The molecular weight excluding hydrogens is 777 g/mol. The Morgan fingerprint density at radius 3 is 1.84 bits per heavy atom. The third-order valence-electron chi connectivity index (χ3n) is 15.1. The van der Waals surface area contributed by atoms with E-state index in [1.54, 1.807) is 0 Å². The molecule has 4 aliphatic carbocycles. The summed E-state index contributed by atoms with van der Waals surface area (Å²) in [4.78, 5) is 18.4. The van der Waals surface area contributed by atoms with Gasteiger partial charge < -0.3 is 4.90 Å². The maximum Gasteiger partial charge on any atom is 0.163 e. The number of hydrogen-bond donors (Lipinski definition) is 0. The quantitative estimate of drug-likeness (QED) is 0.167. The first kappa shape index (κ1) is 38.7. The summed E-state index contributed by atoms with van der Waals surface area (Å²) in [6.45, 7) is 9.71. The van der Waals surface area contributed by atoms with E-state index in [4.69, 9.17) is 15.0 Å². The Kier molecular flexibility index (Phi) is 8.82. The highest BCUT2D eigenvalue weighted by Gasteiger charge is 2.47. The maximum absolute atomic E-state index is 5.36. The normalized spacial score (nSPS) is 21.3. The van der Waals surface area contributed by atoms with Gasteiger partial charge in [-0.05, 0) is 98.4 Å². The van der Waals surface area contributed by atoms with Crippen LogP contribution in [0.25, 0.3) is 33.9 Å². The van der Waals surface area contributed by atoms with E-state index in [9.17, 15) is 0 Å². The van der Waals surface area contributed by atoms with E-state index in [1.165, 1.54) is 68.6 Å². The van der Waals surface area contributed by atoms with E-state index in [0.29, 0.717) is 11.6 Å². The molecule has 1 aromatic heterocycles. The number of rotatable bonds is 6.